The molecule has 0 bridgehead atoms. The van der Waals surface area contributed by atoms with Gasteiger partial charge in [0.25, 0.3) is 5.91 Å². The number of nitrogens with one attached hydrogen (secondary N) is 1. The molecule has 1 N–H and O–H groups in total. The highest BCUT2D eigenvalue weighted by Gasteiger charge is 2.31. The predicted octanol–water partition coefficient (Wildman–Crippen LogP) is 4.48. The van der Waals surface area contributed by atoms with Crippen molar-refractivity contribution in [1.82, 2.24) is 20.0 Å². The van der Waals surface area contributed by atoms with Gasteiger partial charge in [-0.05, 0) is 61.8 Å². The summed E-state index contributed by atoms with van der Waals surface area (Å²) in [6.07, 6.45) is -0.906. The lowest BCUT2D eigenvalue weighted by molar-refractivity contribution is -0.137. The number of carbonyl (C=O) groups is 1. The third-order valence-corrected chi connectivity index (χ3v) is 6.09. The number of nitrogens with zero attached hydrogens (tertiary/aromatic N) is 3. The number of ether oxygens (including phenoxy) is 2. The highest BCUT2D eigenvalue weighted by molar-refractivity contribution is 5.95. The minimum atomic E-state index is -4.49. The highest BCUT2D eigenvalue weighted by Crippen LogP contribution is 2.31. The van der Waals surface area contributed by atoms with E-state index in [-0.39, 0.29) is 23.2 Å². The minimum Gasteiger partial charge on any atom is -0.497 e. The lowest BCUT2D eigenvalue weighted by Crippen LogP contribution is -2.37. The maximum Gasteiger partial charge on any atom is 0.416 e. The highest BCUT2D eigenvalue weighted by atomic mass is 19.4. The Morgan fingerprint density at radius 1 is 1.09 bits per heavy atom. The summed E-state index contributed by atoms with van der Waals surface area (Å²) in [5.41, 5.74) is 0.419. The van der Waals surface area contributed by atoms with Crippen molar-refractivity contribution in [1.29, 1.82) is 0 Å². The van der Waals surface area contributed by atoms with Crippen LogP contribution in [0.2, 0.25) is 0 Å². The second kappa shape index (κ2) is 10.4. The number of amides is 1. The smallest absolute Gasteiger partial charge is 0.416 e. The van der Waals surface area contributed by atoms with Crippen molar-refractivity contribution in [2.75, 3.05) is 33.9 Å². The molecule has 1 fully saturated rings. The van der Waals surface area contributed by atoms with Gasteiger partial charge >= 0.3 is 6.18 Å². The first kappa shape index (κ1) is 24.6. The van der Waals surface area contributed by atoms with Gasteiger partial charge in [-0.3, -0.25) is 9.69 Å². The number of benzene rings is 2. The summed E-state index contributed by atoms with van der Waals surface area (Å²) >= 11 is 0. The lowest BCUT2D eigenvalue weighted by atomic mass is 10.1. The van der Waals surface area contributed by atoms with Gasteiger partial charge < -0.3 is 14.8 Å². The Balaban J connectivity index is 1.54. The van der Waals surface area contributed by atoms with Gasteiger partial charge in [0, 0.05) is 6.54 Å². The van der Waals surface area contributed by atoms with Crippen LogP contribution < -0.4 is 14.8 Å². The molecular formula is C25H27F3N4O3. The number of halogens is 3. The van der Waals surface area contributed by atoms with Crippen molar-refractivity contribution in [3.8, 4) is 17.2 Å². The molecule has 1 amide bonds. The van der Waals surface area contributed by atoms with E-state index in [0.29, 0.717) is 6.54 Å². The molecule has 10 heteroatoms. The molecule has 0 aliphatic carbocycles. The molecule has 0 spiro atoms. The Hall–Kier alpha value is -3.53. The molecule has 2 aromatic carbocycles. The average Bonchev–Trinajstić information content (AvgIpc) is 3.54. The summed E-state index contributed by atoms with van der Waals surface area (Å²) in [5, 5.41) is 7.16. The van der Waals surface area contributed by atoms with E-state index in [0.717, 1.165) is 49.4 Å². The standard InChI is InChI=1S/C25H27F3N4O3/c1-34-20-10-8-17(9-11-20)21(31-12-3-4-13-31)15-29-24(33)23-22(35-2)16-32(30-23)19-7-5-6-18(14-19)25(26,27)28/h5-11,14,16,21H,3-4,12-13,15H2,1-2H3,(H,29,33)/t21-/m1/s1. The zero-order valence-corrected chi connectivity index (χ0v) is 19.5. The summed E-state index contributed by atoms with van der Waals surface area (Å²) in [4.78, 5) is 15.4. The van der Waals surface area contributed by atoms with Gasteiger partial charge in [0.2, 0.25) is 0 Å². The van der Waals surface area contributed by atoms with Crippen molar-refractivity contribution in [3.63, 3.8) is 0 Å². The summed E-state index contributed by atoms with van der Waals surface area (Å²) in [6, 6.07) is 12.4. The predicted molar refractivity (Wildman–Crippen MR) is 124 cm³/mol. The monoisotopic (exact) mass is 488 g/mol. The maximum atomic E-state index is 13.1. The first-order valence-corrected chi connectivity index (χ1v) is 11.3. The molecule has 0 radical (unpaired) electrons. The molecular weight excluding hydrogens is 461 g/mol. The van der Waals surface area contributed by atoms with Crippen molar-refractivity contribution in [2.45, 2.75) is 25.1 Å². The van der Waals surface area contributed by atoms with Gasteiger partial charge in [-0.2, -0.15) is 18.3 Å². The Labute approximate surface area is 201 Å². The van der Waals surface area contributed by atoms with E-state index in [1.165, 1.54) is 30.1 Å². The Morgan fingerprint density at radius 3 is 2.43 bits per heavy atom. The molecule has 0 unspecified atom stereocenters. The molecule has 2 heterocycles. The van der Waals surface area contributed by atoms with E-state index in [2.05, 4.69) is 15.3 Å². The van der Waals surface area contributed by atoms with Gasteiger partial charge in [-0.1, -0.05) is 18.2 Å². The maximum absolute atomic E-state index is 13.1. The number of hydrogen-bond donors (Lipinski definition) is 1. The second-order valence-electron chi connectivity index (χ2n) is 8.28. The average molecular weight is 489 g/mol. The van der Waals surface area contributed by atoms with Crippen LogP contribution in [0.15, 0.2) is 54.7 Å². The second-order valence-corrected chi connectivity index (χ2v) is 8.28. The van der Waals surface area contributed by atoms with Crippen LogP contribution in [0, 0.1) is 0 Å². The molecule has 7 nitrogen and oxygen atoms in total. The van der Waals surface area contributed by atoms with E-state index in [1.807, 2.05) is 24.3 Å². The van der Waals surface area contributed by atoms with Gasteiger partial charge in [0.15, 0.2) is 11.4 Å². The van der Waals surface area contributed by atoms with E-state index >= 15 is 0 Å². The number of alkyl halides is 3. The van der Waals surface area contributed by atoms with E-state index in [1.54, 1.807) is 7.11 Å². The van der Waals surface area contributed by atoms with E-state index in [4.69, 9.17) is 9.47 Å². The van der Waals surface area contributed by atoms with Crippen LogP contribution in [0.25, 0.3) is 5.69 Å². The summed E-state index contributed by atoms with van der Waals surface area (Å²) in [5.74, 6) is 0.454. The number of rotatable bonds is 8. The zero-order valence-electron chi connectivity index (χ0n) is 19.5. The summed E-state index contributed by atoms with van der Waals surface area (Å²) < 4.78 is 51.1. The topological polar surface area (TPSA) is 68.6 Å². The first-order valence-electron chi connectivity index (χ1n) is 11.3. The van der Waals surface area contributed by atoms with Gasteiger partial charge in [0.05, 0.1) is 37.7 Å². The lowest BCUT2D eigenvalue weighted by Gasteiger charge is -2.28. The van der Waals surface area contributed by atoms with Crippen molar-refractivity contribution in [2.24, 2.45) is 0 Å². The molecule has 35 heavy (non-hydrogen) atoms. The summed E-state index contributed by atoms with van der Waals surface area (Å²) in [7, 11) is 2.99. The SMILES string of the molecule is COc1ccc([C@@H](CNC(=O)c2nn(-c3cccc(C(F)(F)F)c3)cc2OC)N2CCCC2)cc1. The van der Waals surface area contributed by atoms with Crippen LogP contribution in [0.5, 0.6) is 11.5 Å². The van der Waals surface area contributed by atoms with Crippen molar-refractivity contribution < 1.29 is 27.4 Å². The fourth-order valence-electron chi connectivity index (χ4n) is 4.23. The van der Waals surface area contributed by atoms with Crippen molar-refractivity contribution >= 4 is 5.91 Å². The minimum absolute atomic E-state index is 0.000172. The third kappa shape index (κ3) is 5.59. The fraction of sp³-hybridized carbons (Fsp3) is 0.360. The molecule has 1 aromatic heterocycles. The number of carbonyl (C=O) groups excluding carboxylic acids is 1. The molecule has 186 valence electrons. The zero-order chi connectivity index (χ0) is 25.0. The Morgan fingerprint density at radius 2 is 1.80 bits per heavy atom. The van der Waals surface area contributed by atoms with Crippen LogP contribution in [-0.2, 0) is 6.18 Å². The Kier molecular flexibility index (Phi) is 7.30. The van der Waals surface area contributed by atoms with Crippen molar-refractivity contribution in [3.05, 3.63) is 71.5 Å². The largest absolute Gasteiger partial charge is 0.497 e. The van der Waals surface area contributed by atoms with Crippen LogP contribution in [0.3, 0.4) is 0 Å². The molecule has 0 saturated carbocycles. The van der Waals surface area contributed by atoms with Crippen LogP contribution >= 0.6 is 0 Å². The number of aromatic nitrogens is 2. The molecule has 1 saturated heterocycles. The van der Waals surface area contributed by atoms with Gasteiger partial charge in [-0.25, -0.2) is 4.68 Å². The molecule has 1 aliphatic heterocycles. The number of methoxy groups -OCH3 is 2. The van der Waals surface area contributed by atoms with Crippen LogP contribution in [0.1, 0.15) is 40.5 Å². The molecule has 1 aliphatic rings. The van der Waals surface area contributed by atoms with Gasteiger partial charge in [-0.15, -0.1) is 0 Å². The Bertz CT molecular complexity index is 1160. The quantitative estimate of drug-likeness (QED) is 0.507. The first-order chi connectivity index (χ1) is 16.8. The van der Waals surface area contributed by atoms with E-state index < -0.39 is 17.6 Å². The summed E-state index contributed by atoms with van der Waals surface area (Å²) in [6.45, 7) is 2.20. The van der Waals surface area contributed by atoms with Crippen LogP contribution in [-0.4, -0.2) is 54.4 Å². The molecule has 4 rings (SSSR count). The van der Waals surface area contributed by atoms with E-state index in [9.17, 15) is 18.0 Å². The normalized spacial score (nSPS) is 15.1. The van der Waals surface area contributed by atoms with Gasteiger partial charge in [0.1, 0.15) is 5.75 Å². The van der Waals surface area contributed by atoms with Crippen LogP contribution in [0.4, 0.5) is 13.2 Å². The third-order valence-electron chi connectivity index (χ3n) is 6.09. The number of hydrogen-bond acceptors (Lipinski definition) is 5. The fourth-order valence-corrected chi connectivity index (χ4v) is 4.23. The molecule has 1 atom stereocenters. The molecule has 3 aromatic rings. The number of likely N-dealkylation sites (tertiary alicyclic amines) is 1.